The third kappa shape index (κ3) is 5.39. The molecule has 22 heavy (non-hydrogen) atoms. The summed E-state index contributed by atoms with van der Waals surface area (Å²) in [5, 5.41) is 2.36. The van der Waals surface area contributed by atoms with Crippen LogP contribution in [-0.2, 0) is 9.59 Å². The molecule has 120 valence electrons. The van der Waals surface area contributed by atoms with Crippen LogP contribution in [0.2, 0.25) is 0 Å². The van der Waals surface area contributed by atoms with E-state index in [2.05, 4.69) is 10.1 Å². The van der Waals surface area contributed by atoms with Crippen molar-refractivity contribution in [3.8, 4) is 11.5 Å². The molecule has 1 atom stereocenters. The van der Waals surface area contributed by atoms with Crippen LogP contribution < -0.4 is 20.5 Å². The Hall–Kier alpha value is -2.64. The molecule has 1 aromatic carbocycles. The summed E-state index contributed by atoms with van der Waals surface area (Å²) in [6, 6.07) is 3.41. The Morgan fingerprint density at radius 3 is 2.55 bits per heavy atom. The van der Waals surface area contributed by atoms with Crippen LogP contribution in [0.5, 0.6) is 11.5 Å². The van der Waals surface area contributed by atoms with Gasteiger partial charge >= 0.3 is 6.61 Å². The van der Waals surface area contributed by atoms with Gasteiger partial charge < -0.3 is 20.5 Å². The van der Waals surface area contributed by atoms with Crippen molar-refractivity contribution in [3.63, 3.8) is 0 Å². The monoisotopic (exact) mass is 314 g/mol. The van der Waals surface area contributed by atoms with Crippen molar-refractivity contribution < 1.29 is 27.8 Å². The van der Waals surface area contributed by atoms with Crippen molar-refractivity contribution in [2.75, 3.05) is 7.11 Å². The molecule has 0 radical (unpaired) electrons. The number of primary amides is 1. The molecule has 0 heterocycles. The molecule has 2 amide bonds. The largest absolute Gasteiger partial charge is 0.493 e. The number of amides is 2. The Kier molecular flexibility index (Phi) is 6.30. The molecule has 0 saturated heterocycles. The van der Waals surface area contributed by atoms with E-state index in [9.17, 15) is 18.4 Å². The summed E-state index contributed by atoms with van der Waals surface area (Å²) < 4.78 is 33.6. The van der Waals surface area contributed by atoms with E-state index in [0.29, 0.717) is 5.56 Å². The first-order valence-corrected chi connectivity index (χ1v) is 6.24. The number of methoxy groups -OCH3 is 1. The molecular weight excluding hydrogens is 298 g/mol. The second kappa shape index (κ2) is 7.96. The number of nitrogens with one attached hydrogen (secondary N) is 1. The van der Waals surface area contributed by atoms with Crippen LogP contribution in [-0.4, -0.2) is 31.6 Å². The number of halogens is 2. The van der Waals surface area contributed by atoms with Crippen molar-refractivity contribution >= 4 is 17.9 Å². The lowest BCUT2D eigenvalue weighted by atomic mass is 10.2. The molecule has 3 N–H and O–H groups in total. The maximum atomic E-state index is 12.2. The van der Waals surface area contributed by atoms with Crippen molar-refractivity contribution in [2.24, 2.45) is 5.73 Å². The minimum Gasteiger partial charge on any atom is -0.493 e. The summed E-state index contributed by atoms with van der Waals surface area (Å²) in [4.78, 5) is 22.3. The SMILES string of the molecule is COc1cc(/C=C/C(=O)NC(C)C(N)=O)ccc1OC(F)F. The van der Waals surface area contributed by atoms with Crippen LogP contribution in [0.3, 0.4) is 0 Å². The van der Waals surface area contributed by atoms with Gasteiger partial charge in [-0.15, -0.1) is 0 Å². The fourth-order valence-corrected chi connectivity index (χ4v) is 1.49. The maximum Gasteiger partial charge on any atom is 0.387 e. The van der Waals surface area contributed by atoms with Gasteiger partial charge in [-0.1, -0.05) is 6.07 Å². The molecule has 0 aromatic heterocycles. The third-order valence-electron chi connectivity index (χ3n) is 2.62. The van der Waals surface area contributed by atoms with E-state index in [0.717, 1.165) is 0 Å². The zero-order valence-corrected chi connectivity index (χ0v) is 12.0. The standard InChI is InChI=1S/C14H16F2N2O4/c1-8(13(17)20)18-12(19)6-4-9-3-5-10(22-14(15)16)11(7-9)21-2/h3-8,14H,1-2H3,(H2,17,20)(H,18,19)/b6-4+. The summed E-state index contributed by atoms with van der Waals surface area (Å²) >= 11 is 0. The number of carbonyl (C=O) groups is 2. The van der Waals surface area contributed by atoms with E-state index >= 15 is 0 Å². The van der Waals surface area contributed by atoms with Gasteiger partial charge in [0, 0.05) is 6.08 Å². The predicted molar refractivity (Wildman–Crippen MR) is 75.5 cm³/mol. The highest BCUT2D eigenvalue weighted by molar-refractivity contribution is 5.95. The minimum absolute atomic E-state index is 0.105. The molecule has 1 unspecified atom stereocenters. The first-order chi connectivity index (χ1) is 10.3. The average molecular weight is 314 g/mol. The Balaban J connectivity index is 2.79. The van der Waals surface area contributed by atoms with Gasteiger partial charge in [0.1, 0.15) is 6.04 Å². The lowest BCUT2D eigenvalue weighted by molar-refractivity contribution is -0.124. The highest BCUT2D eigenvalue weighted by Gasteiger charge is 2.11. The highest BCUT2D eigenvalue weighted by Crippen LogP contribution is 2.29. The van der Waals surface area contributed by atoms with E-state index in [-0.39, 0.29) is 11.5 Å². The molecule has 0 aliphatic carbocycles. The minimum atomic E-state index is -2.96. The molecule has 0 fully saturated rings. The van der Waals surface area contributed by atoms with Gasteiger partial charge in [-0.3, -0.25) is 9.59 Å². The van der Waals surface area contributed by atoms with Gasteiger partial charge in [0.2, 0.25) is 11.8 Å². The molecular formula is C14H16F2N2O4. The Morgan fingerprint density at radius 1 is 1.32 bits per heavy atom. The van der Waals surface area contributed by atoms with Crippen LogP contribution in [0.15, 0.2) is 24.3 Å². The fraction of sp³-hybridized carbons (Fsp3) is 0.286. The molecule has 1 rings (SSSR count). The molecule has 8 heteroatoms. The molecule has 1 aromatic rings. The molecule has 6 nitrogen and oxygen atoms in total. The number of carbonyl (C=O) groups excluding carboxylic acids is 2. The van der Waals surface area contributed by atoms with Crippen LogP contribution in [0.1, 0.15) is 12.5 Å². The van der Waals surface area contributed by atoms with Gasteiger partial charge in [0.05, 0.1) is 7.11 Å². The number of alkyl halides is 2. The number of ether oxygens (including phenoxy) is 2. The fourth-order valence-electron chi connectivity index (χ4n) is 1.49. The van der Waals surface area contributed by atoms with E-state index in [1.165, 1.54) is 44.4 Å². The molecule has 0 bridgehead atoms. The number of hydrogen-bond donors (Lipinski definition) is 2. The van der Waals surface area contributed by atoms with Gasteiger partial charge in [-0.25, -0.2) is 0 Å². The van der Waals surface area contributed by atoms with Crippen LogP contribution in [0.4, 0.5) is 8.78 Å². The number of benzene rings is 1. The topological polar surface area (TPSA) is 90.6 Å². The van der Waals surface area contributed by atoms with Gasteiger partial charge in [0.25, 0.3) is 0 Å². The first-order valence-electron chi connectivity index (χ1n) is 6.24. The van der Waals surface area contributed by atoms with Crippen molar-refractivity contribution in [1.82, 2.24) is 5.32 Å². The zero-order chi connectivity index (χ0) is 16.7. The van der Waals surface area contributed by atoms with E-state index in [1.54, 1.807) is 0 Å². The normalized spacial score (nSPS) is 12.2. The number of rotatable bonds is 7. The van der Waals surface area contributed by atoms with Crippen molar-refractivity contribution in [1.29, 1.82) is 0 Å². The van der Waals surface area contributed by atoms with Crippen LogP contribution in [0.25, 0.3) is 6.08 Å². The lowest BCUT2D eigenvalue weighted by Crippen LogP contribution is -2.41. The smallest absolute Gasteiger partial charge is 0.387 e. The number of hydrogen-bond acceptors (Lipinski definition) is 4. The van der Waals surface area contributed by atoms with Gasteiger partial charge in [-0.05, 0) is 30.7 Å². The molecule has 0 aliphatic rings. The summed E-state index contributed by atoms with van der Waals surface area (Å²) in [6.45, 7) is -1.51. The Bertz CT molecular complexity index is 576. The average Bonchev–Trinajstić information content (AvgIpc) is 2.45. The maximum absolute atomic E-state index is 12.2. The first kappa shape index (κ1) is 17.4. The predicted octanol–water partition coefficient (Wildman–Crippen LogP) is 1.30. The second-order valence-corrected chi connectivity index (χ2v) is 4.25. The van der Waals surface area contributed by atoms with E-state index in [4.69, 9.17) is 10.5 Å². The summed E-state index contributed by atoms with van der Waals surface area (Å²) in [5.41, 5.74) is 5.54. The van der Waals surface area contributed by atoms with Gasteiger partial charge in [-0.2, -0.15) is 8.78 Å². The summed E-state index contributed by atoms with van der Waals surface area (Å²) in [6.07, 6.45) is 2.61. The zero-order valence-electron chi connectivity index (χ0n) is 12.0. The molecule has 0 spiro atoms. The van der Waals surface area contributed by atoms with Crippen LogP contribution >= 0.6 is 0 Å². The number of nitrogens with two attached hydrogens (primary N) is 1. The lowest BCUT2D eigenvalue weighted by Gasteiger charge is -2.10. The van der Waals surface area contributed by atoms with Crippen molar-refractivity contribution in [3.05, 3.63) is 29.8 Å². The Labute approximate surface area is 125 Å². The van der Waals surface area contributed by atoms with E-state index < -0.39 is 24.5 Å². The van der Waals surface area contributed by atoms with E-state index in [1.807, 2.05) is 0 Å². The molecule has 0 saturated carbocycles. The summed E-state index contributed by atoms with van der Waals surface area (Å²) in [5.74, 6) is -1.18. The Morgan fingerprint density at radius 2 is 2.00 bits per heavy atom. The quantitative estimate of drug-likeness (QED) is 0.742. The highest BCUT2D eigenvalue weighted by atomic mass is 19.3. The summed E-state index contributed by atoms with van der Waals surface area (Å²) in [7, 11) is 1.31. The van der Waals surface area contributed by atoms with Crippen LogP contribution in [0, 0.1) is 0 Å². The van der Waals surface area contributed by atoms with Crippen molar-refractivity contribution in [2.45, 2.75) is 19.6 Å². The third-order valence-corrected chi connectivity index (χ3v) is 2.62. The molecule has 0 aliphatic heterocycles. The second-order valence-electron chi connectivity index (χ2n) is 4.25. The van der Waals surface area contributed by atoms with Gasteiger partial charge in [0.15, 0.2) is 11.5 Å².